The number of carboxylic acids is 1. The third kappa shape index (κ3) is 2.74. The molecule has 2 heterocycles. The van der Waals surface area contributed by atoms with Crippen LogP contribution in [0, 0.1) is 12.3 Å². The Morgan fingerprint density at radius 1 is 1.36 bits per heavy atom. The lowest BCUT2D eigenvalue weighted by Crippen LogP contribution is -2.34. The maximum atomic E-state index is 12.2. The number of nitrogens with zero attached hydrogens (tertiary/aromatic N) is 1. The van der Waals surface area contributed by atoms with E-state index >= 15 is 0 Å². The largest absolute Gasteiger partial charge is 0.481 e. The number of aliphatic carboxylic acids is 1. The summed E-state index contributed by atoms with van der Waals surface area (Å²) in [6, 6.07) is 5.54. The van der Waals surface area contributed by atoms with Crippen LogP contribution in [0.2, 0.25) is 0 Å². The number of carboxylic acid groups (broad SMARTS) is 1. The van der Waals surface area contributed by atoms with Crippen molar-refractivity contribution in [3.8, 4) is 11.3 Å². The fourth-order valence-corrected chi connectivity index (χ4v) is 2.98. The van der Waals surface area contributed by atoms with Crippen molar-refractivity contribution in [1.29, 1.82) is 0 Å². The van der Waals surface area contributed by atoms with Gasteiger partial charge in [0.05, 0.1) is 22.4 Å². The molecule has 1 aliphatic carbocycles. The normalized spacial score (nSPS) is 15.3. The third-order valence-electron chi connectivity index (χ3n) is 4.04. The average Bonchev–Trinajstić information content (AvgIpc) is 3.09. The third-order valence-corrected chi connectivity index (χ3v) is 4.73. The fraction of sp³-hybridized carbons (Fsp3) is 0.312. The van der Waals surface area contributed by atoms with E-state index in [4.69, 9.17) is 5.11 Å². The predicted molar refractivity (Wildman–Crippen MR) is 83.9 cm³/mol. The molecule has 2 N–H and O–H groups in total. The van der Waals surface area contributed by atoms with Gasteiger partial charge in [-0.05, 0) is 43.3 Å². The van der Waals surface area contributed by atoms with Crippen molar-refractivity contribution >= 4 is 23.2 Å². The van der Waals surface area contributed by atoms with Gasteiger partial charge in [0.15, 0.2) is 0 Å². The molecule has 1 fully saturated rings. The Morgan fingerprint density at radius 2 is 2.14 bits per heavy atom. The second-order valence-corrected chi connectivity index (χ2v) is 6.39. The molecule has 0 unspecified atom stereocenters. The second-order valence-electron chi connectivity index (χ2n) is 5.61. The Balaban J connectivity index is 1.72. The molecule has 1 amide bonds. The van der Waals surface area contributed by atoms with Crippen molar-refractivity contribution in [3.63, 3.8) is 0 Å². The Bertz CT molecular complexity index is 721. The molecule has 5 nitrogen and oxygen atoms in total. The predicted octanol–water partition coefficient (Wildman–Crippen LogP) is 2.71. The van der Waals surface area contributed by atoms with Crippen LogP contribution in [0.3, 0.4) is 0 Å². The summed E-state index contributed by atoms with van der Waals surface area (Å²) >= 11 is 1.60. The topological polar surface area (TPSA) is 79.3 Å². The zero-order valence-electron chi connectivity index (χ0n) is 12.1. The zero-order valence-corrected chi connectivity index (χ0v) is 12.9. The Hall–Kier alpha value is -2.21. The van der Waals surface area contributed by atoms with E-state index in [-0.39, 0.29) is 12.5 Å². The van der Waals surface area contributed by atoms with E-state index in [1.165, 1.54) is 0 Å². The summed E-state index contributed by atoms with van der Waals surface area (Å²) < 4.78 is 0. The molecule has 1 saturated carbocycles. The highest BCUT2D eigenvalue weighted by atomic mass is 32.1. The number of aromatic nitrogens is 1. The quantitative estimate of drug-likeness (QED) is 0.889. The number of hydrogen-bond donors (Lipinski definition) is 2. The highest BCUT2D eigenvalue weighted by Crippen LogP contribution is 2.45. The first kappa shape index (κ1) is 14.7. The number of thiophene rings is 1. The lowest BCUT2D eigenvalue weighted by atomic mass is 10.1. The van der Waals surface area contributed by atoms with Crippen LogP contribution >= 0.6 is 11.3 Å². The molecule has 0 radical (unpaired) electrons. The molecule has 0 atom stereocenters. The van der Waals surface area contributed by atoms with Gasteiger partial charge >= 0.3 is 5.97 Å². The summed E-state index contributed by atoms with van der Waals surface area (Å²) in [4.78, 5) is 27.8. The van der Waals surface area contributed by atoms with Gasteiger partial charge in [-0.1, -0.05) is 0 Å². The summed E-state index contributed by atoms with van der Waals surface area (Å²) in [5, 5.41) is 15.8. The van der Waals surface area contributed by atoms with Crippen LogP contribution in [0.5, 0.6) is 0 Å². The molecule has 22 heavy (non-hydrogen) atoms. The minimum Gasteiger partial charge on any atom is -0.481 e. The number of aryl methyl sites for hydroxylation is 1. The highest BCUT2D eigenvalue weighted by Gasteiger charge is 2.50. The highest BCUT2D eigenvalue weighted by molar-refractivity contribution is 7.08. The molecule has 0 spiro atoms. The van der Waals surface area contributed by atoms with E-state index in [0.29, 0.717) is 24.1 Å². The fourth-order valence-electron chi connectivity index (χ4n) is 2.33. The maximum Gasteiger partial charge on any atom is 0.311 e. The Labute approximate surface area is 132 Å². The van der Waals surface area contributed by atoms with Crippen LogP contribution < -0.4 is 5.32 Å². The van der Waals surface area contributed by atoms with Crippen LogP contribution in [0.25, 0.3) is 11.3 Å². The van der Waals surface area contributed by atoms with E-state index in [1.54, 1.807) is 24.3 Å². The molecular weight excluding hydrogens is 300 g/mol. The van der Waals surface area contributed by atoms with Crippen molar-refractivity contribution in [3.05, 3.63) is 40.2 Å². The number of carbonyl (C=O) groups is 2. The van der Waals surface area contributed by atoms with Gasteiger partial charge in [-0.2, -0.15) is 11.3 Å². The lowest BCUT2D eigenvalue weighted by molar-refractivity contribution is -0.143. The number of rotatable bonds is 5. The van der Waals surface area contributed by atoms with Gasteiger partial charge in [0, 0.05) is 17.5 Å². The number of hydrogen-bond acceptors (Lipinski definition) is 4. The minimum absolute atomic E-state index is 0.174. The number of amides is 1. The van der Waals surface area contributed by atoms with Gasteiger partial charge in [0.1, 0.15) is 0 Å². The SMILES string of the molecule is Cc1nc(-c2ccsc2)ccc1C(=O)NCC1(C(=O)O)CC1. The van der Waals surface area contributed by atoms with Gasteiger partial charge in [-0.3, -0.25) is 14.6 Å². The van der Waals surface area contributed by atoms with Crippen LogP contribution in [0.1, 0.15) is 28.9 Å². The number of carbonyl (C=O) groups excluding carboxylic acids is 1. The maximum absolute atomic E-state index is 12.2. The molecule has 1 aliphatic rings. The average molecular weight is 316 g/mol. The van der Waals surface area contributed by atoms with E-state index in [2.05, 4.69) is 10.3 Å². The van der Waals surface area contributed by atoms with Crippen LogP contribution in [-0.2, 0) is 4.79 Å². The van der Waals surface area contributed by atoms with E-state index in [1.807, 2.05) is 22.9 Å². The summed E-state index contributed by atoms with van der Waals surface area (Å²) in [6.07, 6.45) is 1.24. The first-order valence-corrected chi connectivity index (χ1v) is 7.98. The molecule has 0 aromatic carbocycles. The first-order chi connectivity index (χ1) is 10.5. The van der Waals surface area contributed by atoms with Gasteiger partial charge in [-0.25, -0.2) is 0 Å². The van der Waals surface area contributed by atoms with Crippen molar-refractivity contribution in [2.75, 3.05) is 6.54 Å². The van der Waals surface area contributed by atoms with E-state index in [0.717, 1.165) is 11.3 Å². The van der Waals surface area contributed by atoms with Crippen molar-refractivity contribution < 1.29 is 14.7 Å². The first-order valence-electron chi connectivity index (χ1n) is 7.04. The van der Waals surface area contributed by atoms with Crippen molar-refractivity contribution in [2.45, 2.75) is 19.8 Å². The van der Waals surface area contributed by atoms with E-state index < -0.39 is 11.4 Å². The van der Waals surface area contributed by atoms with Crippen molar-refractivity contribution in [2.24, 2.45) is 5.41 Å². The van der Waals surface area contributed by atoms with Gasteiger partial charge in [-0.15, -0.1) is 0 Å². The number of nitrogens with one attached hydrogen (secondary N) is 1. The van der Waals surface area contributed by atoms with E-state index in [9.17, 15) is 9.59 Å². The molecule has 0 saturated heterocycles. The number of pyridine rings is 1. The van der Waals surface area contributed by atoms with Crippen LogP contribution in [-0.4, -0.2) is 28.5 Å². The van der Waals surface area contributed by atoms with Gasteiger partial charge in [0.25, 0.3) is 5.91 Å². The second kappa shape index (κ2) is 5.53. The molecular formula is C16H16N2O3S. The minimum atomic E-state index is -0.838. The summed E-state index contributed by atoms with van der Waals surface area (Å²) in [6.45, 7) is 1.96. The molecule has 6 heteroatoms. The lowest BCUT2D eigenvalue weighted by Gasteiger charge is -2.12. The Kier molecular flexibility index (Phi) is 3.70. The summed E-state index contributed by atoms with van der Waals surface area (Å²) in [5.41, 5.74) is 2.23. The van der Waals surface area contributed by atoms with Crippen LogP contribution in [0.15, 0.2) is 29.0 Å². The molecule has 3 rings (SSSR count). The molecule has 0 bridgehead atoms. The van der Waals surface area contributed by atoms with Crippen LogP contribution in [0.4, 0.5) is 0 Å². The Morgan fingerprint density at radius 3 is 2.68 bits per heavy atom. The molecule has 114 valence electrons. The summed E-state index contributed by atoms with van der Waals surface area (Å²) in [5.74, 6) is -1.11. The summed E-state index contributed by atoms with van der Waals surface area (Å²) in [7, 11) is 0. The smallest absolute Gasteiger partial charge is 0.311 e. The molecule has 2 aromatic rings. The zero-order chi connectivity index (χ0) is 15.7. The standard InChI is InChI=1S/C16H16N2O3S/c1-10-12(2-3-13(18-10)11-4-7-22-8-11)14(19)17-9-16(5-6-16)15(20)21/h2-4,7-8H,5-6,9H2,1H3,(H,17,19)(H,20,21). The monoisotopic (exact) mass is 316 g/mol. The molecule has 2 aromatic heterocycles. The molecule has 0 aliphatic heterocycles. The van der Waals surface area contributed by atoms with Crippen molar-refractivity contribution in [1.82, 2.24) is 10.3 Å². The van der Waals surface area contributed by atoms with Gasteiger partial charge in [0.2, 0.25) is 0 Å². The van der Waals surface area contributed by atoms with Gasteiger partial charge < -0.3 is 10.4 Å².